The van der Waals surface area contributed by atoms with Crippen molar-refractivity contribution < 1.29 is 5.11 Å². The first-order chi connectivity index (χ1) is 15.5. The lowest BCUT2D eigenvalue weighted by molar-refractivity contribution is 0.249. The second kappa shape index (κ2) is 12.5. The van der Waals surface area contributed by atoms with Crippen LogP contribution in [0.3, 0.4) is 0 Å². The average molecular weight is 460 g/mol. The van der Waals surface area contributed by atoms with E-state index in [-0.39, 0.29) is 12.6 Å². The first-order valence-electron chi connectivity index (χ1n) is 12.3. The molecule has 0 saturated heterocycles. The molecule has 1 aliphatic carbocycles. The highest BCUT2D eigenvalue weighted by Crippen LogP contribution is 2.38. The van der Waals surface area contributed by atoms with Gasteiger partial charge in [0.15, 0.2) is 0 Å². The van der Waals surface area contributed by atoms with Gasteiger partial charge in [-0.15, -0.1) is 11.8 Å². The summed E-state index contributed by atoms with van der Waals surface area (Å²) in [6.07, 6.45) is 12.3. The number of nitrogens with one attached hydrogen (secondary N) is 2. The lowest BCUT2D eigenvalue weighted by atomic mass is 10.1. The van der Waals surface area contributed by atoms with Crippen LogP contribution < -0.4 is 15.5 Å². The van der Waals surface area contributed by atoms with Gasteiger partial charge in [0.1, 0.15) is 5.82 Å². The standard InChI is InChI=1S/C25H41N5OS/c1-5-7-20(8-6-2)26-13-15-30(14-11-19-9-10-19)25-28-21-12-16-32-23(21)24(29-25)27-22(17-31)18(3)4/h5,7-8,18-19,22,26,31H,6,9-17H2,1-4H3,(H,27,28,29)/b7-5-,20-8+. The summed E-state index contributed by atoms with van der Waals surface area (Å²) in [5.41, 5.74) is 2.32. The molecule has 0 aromatic carbocycles. The molecule has 1 fully saturated rings. The molecule has 0 radical (unpaired) electrons. The molecule has 2 aliphatic rings. The molecule has 1 atom stereocenters. The first kappa shape index (κ1) is 24.9. The highest BCUT2D eigenvalue weighted by Gasteiger charge is 2.26. The van der Waals surface area contributed by atoms with Crippen LogP contribution in [0.25, 0.3) is 0 Å². The normalized spacial score (nSPS) is 17.1. The van der Waals surface area contributed by atoms with E-state index >= 15 is 0 Å². The molecule has 0 amide bonds. The molecule has 1 aromatic rings. The Bertz CT molecular complexity index is 791. The van der Waals surface area contributed by atoms with Gasteiger partial charge >= 0.3 is 0 Å². The third-order valence-corrected chi connectivity index (χ3v) is 7.23. The molecule has 1 unspecified atom stereocenters. The van der Waals surface area contributed by atoms with Crippen molar-refractivity contribution in [3.8, 4) is 0 Å². The van der Waals surface area contributed by atoms with E-state index < -0.39 is 0 Å². The number of nitrogens with zero attached hydrogens (tertiary/aromatic N) is 3. The summed E-state index contributed by atoms with van der Waals surface area (Å²) in [5, 5.41) is 16.9. The number of hydrogen-bond acceptors (Lipinski definition) is 7. The van der Waals surface area contributed by atoms with Crippen molar-refractivity contribution in [2.45, 2.75) is 70.7 Å². The van der Waals surface area contributed by atoms with Crippen LogP contribution in [0.2, 0.25) is 0 Å². The second-order valence-corrected chi connectivity index (χ2v) is 10.2. The fourth-order valence-corrected chi connectivity index (χ4v) is 4.94. The smallest absolute Gasteiger partial charge is 0.227 e. The van der Waals surface area contributed by atoms with Crippen molar-refractivity contribution in [1.82, 2.24) is 15.3 Å². The van der Waals surface area contributed by atoms with E-state index in [4.69, 9.17) is 9.97 Å². The topological polar surface area (TPSA) is 73.3 Å². The molecule has 178 valence electrons. The number of anilines is 2. The van der Waals surface area contributed by atoms with Crippen molar-refractivity contribution in [2.24, 2.45) is 11.8 Å². The molecule has 1 saturated carbocycles. The lowest BCUT2D eigenvalue weighted by Crippen LogP contribution is -2.35. The number of thioether (sulfide) groups is 1. The van der Waals surface area contributed by atoms with Crippen LogP contribution in [0, 0.1) is 11.8 Å². The number of fused-ring (bicyclic) bond motifs is 1. The van der Waals surface area contributed by atoms with E-state index in [2.05, 4.69) is 61.5 Å². The van der Waals surface area contributed by atoms with Crippen LogP contribution in [0.1, 0.15) is 59.1 Å². The number of aliphatic hydroxyl groups excluding tert-OH is 1. The first-order valence-corrected chi connectivity index (χ1v) is 13.3. The Balaban J connectivity index is 1.78. The summed E-state index contributed by atoms with van der Waals surface area (Å²) in [7, 11) is 0. The number of aliphatic hydroxyl groups is 1. The van der Waals surface area contributed by atoms with Crippen molar-refractivity contribution in [2.75, 3.05) is 42.2 Å². The van der Waals surface area contributed by atoms with Gasteiger partial charge in [-0.05, 0) is 37.7 Å². The van der Waals surface area contributed by atoms with Crippen molar-refractivity contribution >= 4 is 23.5 Å². The van der Waals surface area contributed by atoms with Gasteiger partial charge in [0.2, 0.25) is 5.95 Å². The van der Waals surface area contributed by atoms with E-state index in [1.807, 2.05) is 11.8 Å². The molecule has 0 spiro atoms. The fourth-order valence-electron chi connectivity index (χ4n) is 3.88. The largest absolute Gasteiger partial charge is 0.394 e. The fraction of sp³-hybridized carbons (Fsp3) is 0.680. The molecular formula is C25H41N5OS. The van der Waals surface area contributed by atoms with Crippen LogP contribution >= 0.6 is 11.8 Å². The molecule has 3 N–H and O–H groups in total. The SMILES string of the molecule is C/C=C\C(=C/CC)NCCN(CCC1CC1)c1nc2c(c(NC(CO)C(C)C)n1)SCC2. The summed E-state index contributed by atoms with van der Waals surface area (Å²) in [5.74, 6) is 3.96. The van der Waals surface area contributed by atoms with Gasteiger partial charge in [-0.2, -0.15) is 4.98 Å². The highest BCUT2D eigenvalue weighted by atomic mass is 32.2. The third-order valence-electron chi connectivity index (χ3n) is 6.10. The maximum Gasteiger partial charge on any atom is 0.227 e. The van der Waals surface area contributed by atoms with E-state index in [0.717, 1.165) is 66.5 Å². The Hall–Kier alpha value is -1.73. The van der Waals surface area contributed by atoms with Gasteiger partial charge in [0.25, 0.3) is 0 Å². The molecule has 0 bridgehead atoms. The van der Waals surface area contributed by atoms with Crippen molar-refractivity contribution in [1.29, 1.82) is 0 Å². The Morgan fingerprint density at radius 3 is 2.75 bits per heavy atom. The number of aryl methyl sites for hydroxylation is 1. The molecule has 2 heterocycles. The number of rotatable bonds is 14. The summed E-state index contributed by atoms with van der Waals surface area (Å²) in [4.78, 5) is 13.5. The summed E-state index contributed by atoms with van der Waals surface area (Å²) in [6.45, 7) is 11.3. The predicted octanol–water partition coefficient (Wildman–Crippen LogP) is 4.62. The van der Waals surface area contributed by atoms with Crippen molar-refractivity contribution in [3.63, 3.8) is 0 Å². The Morgan fingerprint density at radius 2 is 2.09 bits per heavy atom. The van der Waals surface area contributed by atoms with Gasteiger partial charge in [-0.3, -0.25) is 0 Å². The molecule has 3 rings (SSSR count). The molecule has 6 nitrogen and oxygen atoms in total. The Morgan fingerprint density at radius 1 is 1.28 bits per heavy atom. The zero-order chi connectivity index (χ0) is 22.9. The minimum absolute atomic E-state index is 0.00722. The lowest BCUT2D eigenvalue weighted by Gasteiger charge is -2.26. The number of hydrogen-bond donors (Lipinski definition) is 3. The Labute approximate surface area is 198 Å². The summed E-state index contributed by atoms with van der Waals surface area (Å²) in [6, 6.07) is -0.00722. The van der Waals surface area contributed by atoms with Crippen molar-refractivity contribution in [3.05, 3.63) is 29.6 Å². The molecular weight excluding hydrogens is 418 g/mol. The summed E-state index contributed by atoms with van der Waals surface area (Å²) < 4.78 is 0. The molecule has 1 aromatic heterocycles. The second-order valence-electron chi connectivity index (χ2n) is 9.14. The van der Waals surface area contributed by atoms with Gasteiger partial charge in [-0.25, -0.2) is 4.98 Å². The van der Waals surface area contributed by atoms with Crippen LogP contribution in [0.4, 0.5) is 11.8 Å². The van der Waals surface area contributed by atoms with Gasteiger partial charge in [0.05, 0.1) is 23.2 Å². The predicted molar refractivity (Wildman–Crippen MR) is 137 cm³/mol. The van der Waals surface area contributed by atoms with E-state index in [1.165, 1.54) is 25.0 Å². The van der Waals surface area contributed by atoms with Crippen LogP contribution in [-0.4, -0.2) is 53.1 Å². The van der Waals surface area contributed by atoms with Gasteiger partial charge < -0.3 is 20.6 Å². The van der Waals surface area contributed by atoms with E-state index in [1.54, 1.807) is 0 Å². The van der Waals surface area contributed by atoms with E-state index in [9.17, 15) is 5.11 Å². The third kappa shape index (κ3) is 7.14. The minimum Gasteiger partial charge on any atom is -0.394 e. The minimum atomic E-state index is -0.00722. The number of aromatic nitrogens is 2. The van der Waals surface area contributed by atoms with Crippen LogP contribution in [0.15, 0.2) is 28.8 Å². The zero-order valence-corrected chi connectivity index (χ0v) is 21.0. The van der Waals surface area contributed by atoms with Crippen LogP contribution in [0.5, 0.6) is 0 Å². The zero-order valence-electron chi connectivity index (χ0n) is 20.2. The maximum absolute atomic E-state index is 9.85. The molecule has 32 heavy (non-hydrogen) atoms. The quantitative estimate of drug-likeness (QED) is 0.351. The Kier molecular flexibility index (Phi) is 9.72. The van der Waals surface area contributed by atoms with Crippen LogP contribution in [-0.2, 0) is 6.42 Å². The summed E-state index contributed by atoms with van der Waals surface area (Å²) >= 11 is 1.82. The average Bonchev–Trinajstić information content (AvgIpc) is 3.48. The maximum atomic E-state index is 9.85. The van der Waals surface area contributed by atoms with Gasteiger partial charge in [-0.1, -0.05) is 45.8 Å². The van der Waals surface area contributed by atoms with E-state index in [0.29, 0.717) is 5.92 Å². The molecule has 1 aliphatic heterocycles. The highest BCUT2D eigenvalue weighted by molar-refractivity contribution is 7.99. The monoisotopic (exact) mass is 459 g/mol. The molecule has 7 heteroatoms. The number of allylic oxidation sites excluding steroid dienone is 3. The van der Waals surface area contributed by atoms with Gasteiger partial charge in [0, 0.05) is 37.5 Å².